The first-order valence-electron chi connectivity index (χ1n) is 6.75. The van der Waals surface area contributed by atoms with E-state index in [1.54, 1.807) is 0 Å². The van der Waals surface area contributed by atoms with E-state index in [0.717, 1.165) is 24.7 Å². The monoisotopic (exact) mass is 223 g/mol. The average Bonchev–Trinajstić information content (AvgIpc) is 2.89. The Morgan fingerprint density at radius 3 is 2.38 bits per heavy atom. The lowest BCUT2D eigenvalue weighted by Crippen LogP contribution is -2.45. The van der Waals surface area contributed by atoms with Crippen LogP contribution in [0, 0.1) is 17.3 Å². The van der Waals surface area contributed by atoms with Crippen LogP contribution >= 0.6 is 0 Å². The molecule has 4 rings (SSSR count). The fraction of sp³-hybridized carbons (Fsp3) is 1.00. The Kier molecular flexibility index (Phi) is 1.85. The summed E-state index contributed by atoms with van der Waals surface area (Å²) >= 11 is 0. The topological polar surface area (TPSA) is 44.5 Å². The minimum Gasteiger partial charge on any atom is -0.347 e. The molecule has 0 aromatic carbocycles. The van der Waals surface area contributed by atoms with Gasteiger partial charge in [-0.15, -0.1) is 0 Å². The number of fused-ring (bicyclic) bond motifs is 4. The fourth-order valence-electron chi connectivity index (χ4n) is 5.10. The molecule has 1 unspecified atom stereocenters. The number of hydrogen-bond donors (Lipinski definition) is 1. The standard InChI is InChI=1S/C13H21NO2/c1-7-15-10-5-13(6-11(10)16-7)9-3-2-8(4-9)12(13)14/h7-12H,2-6,14H2,1H3/t7-,8-,9+,10-,11?,12+,13-/m0/s1. The predicted octanol–water partition coefficient (Wildman–Crippen LogP) is 1.65. The predicted molar refractivity (Wildman–Crippen MR) is 59.7 cm³/mol. The van der Waals surface area contributed by atoms with Gasteiger partial charge in [0, 0.05) is 6.04 Å². The van der Waals surface area contributed by atoms with Crippen molar-refractivity contribution in [1.82, 2.24) is 0 Å². The Morgan fingerprint density at radius 2 is 1.81 bits per heavy atom. The van der Waals surface area contributed by atoms with Crippen molar-refractivity contribution in [2.24, 2.45) is 23.0 Å². The van der Waals surface area contributed by atoms with Gasteiger partial charge in [-0.3, -0.25) is 0 Å². The van der Waals surface area contributed by atoms with Gasteiger partial charge in [0.15, 0.2) is 6.29 Å². The summed E-state index contributed by atoms with van der Waals surface area (Å²) in [6.45, 7) is 2.01. The van der Waals surface area contributed by atoms with Crippen molar-refractivity contribution in [3.63, 3.8) is 0 Å². The number of hydrogen-bond acceptors (Lipinski definition) is 3. The molecule has 4 aliphatic rings. The summed E-state index contributed by atoms with van der Waals surface area (Å²) in [4.78, 5) is 0. The third kappa shape index (κ3) is 1.05. The maximum atomic E-state index is 6.49. The number of nitrogens with two attached hydrogens (primary N) is 1. The van der Waals surface area contributed by atoms with E-state index < -0.39 is 0 Å². The Morgan fingerprint density at radius 1 is 1.12 bits per heavy atom. The molecule has 0 radical (unpaired) electrons. The minimum absolute atomic E-state index is 0.00200. The molecule has 90 valence electrons. The van der Waals surface area contributed by atoms with Crippen molar-refractivity contribution in [2.75, 3.05) is 0 Å². The summed E-state index contributed by atoms with van der Waals surface area (Å²) < 4.78 is 11.7. The molecule has 2 N–H and O–H groups in total. The maximum Gasteiger partial charge on any atom is 0.155 e. The van der Waals surface area contributed by atoms with Gasteiger partial charge in [0.05, 0.1) is 12.2 Å². The third-order valence-electron chi connectivity index (χ3n) is 5.77. The molecule has 1 aliphatic heterocycles. The highest BCUT2D eigenvalue weighted by atomic mass is 16.7. The fourth-order valence-corrected chi connectivity index (χ4v) is 5.10. The van der Waals surface area contributed by atoms with Gasteiger partial charge in [-0.2, -0.15) is 0 Å². The molecule has 0 aromatic rings. The molecule has 0 amide bonds. The largest absolute Gasteiger partial charge is 0.347 e. The zero-order valence-corrected chi connectivity index (χ0v) is 9.89. The molecular formula is C13H21NO2. The second kappa shape index (κ2) is 3.01. The van der Waals surface area contributed by atoms with Crippen molar-refractivity contribution >= 4 is 0 Å². The van der Waals surface area contributed by atoms with Crippen LogP contribution in [0.3, 0.4) is 0 Å². The van der Waals surface area contributed by atoms with E-state index in [1.807, 2.05) is 6.92 Å². The lowest BCUT2D eigenvalue weighted by atomic mass is 9.68. The molecule has 3 aliphatic carbocycles. The maximum absolute atomic E-state index is 6.49. The van der Waals surface area contributed by atoms with Gasteiger partial charge in [0.1, 0.15) is 0 Å². The van der Waals surface area contributed by atoms with Crippen molar-refractivity contribution in [3.05, 3.63) is 0 Å². The molecule has 3 nitrogen and oxygen atoms in total. The Balaban J connectivity index is 1.62. The summed E-state index contributed by atoms with van der Waals surface area (Å²) in [5.41, 5.74) is 6.86. The van der Waals surface area contributed by atoms with Crippen LogP contribution < -0.4 is 5.73 Å². The quantitative estimate of drug-likeness (QED) is 0.679. The lowest BCUT2D eigenvalue weighted by molar-refractivity contribution is -0.0774. The smallest absolute Gasteiger partial charge is 0.155 e. The molecule has 7 atom stereocenters. The molecular weight excluding hydrogens is 202 g/mol. The molecule has 2 bridgehead atoms. The second-order valence-electron chi connectivity index (χ2n) is 6.35. The van der Waals surface area contributed by atoms with Crippen LogP contribution in [0.4, 0.5) is 0 Å². The summed E-state index contributed by atoms with van der Waals surface area (Å²) in [5, 5.41) is 0. The van der Waals surface area contributed by atoms with Crippen LogP contribution in [0.15, 0.2) is 0 Å². The molecule has 16 heavy (non-hydrogen) atoms. The van der Waals surface area contributed by atoms with Crippen LogP contribution in [-0.4, -0.2) is 24.5 Å². The highest BCUT2D eigenvalue weighted by Crippen LogP contribution is 2.63. The van der Waals surface area contributed by atoms with Crippen LogP contribution in [0.1, 0.15) is 39.0 Å². The molecule has 1 heterocycles. The van der Waals surface area contributed by atoms with E-state index in [1.165, 1.54) is 19.3 Å². The molecule has 0 aromatic heterocycles. The summed E-state index contributed by atoms with van der Waals surface area (Å²) in [5.74, 6) is 1.65. The highest BCUT2D eigenvalue weighted by Gasteiger charge is 2.63. The minimum atomic E-state index is 0.00200. The Hall–Kier alpha value is -0.120. The Bertz CT molecular complexity index is 301. The highest BCUT2D eigenvalue weighted by molar-refractivity contribution is 5.14. The van der Waals surface area contributed by atoms with Crippen LogP contribution in [-0.2, 0) is 9.47 Å². The first-order chi connectivity index (χ1) is 7.69. The van der Waals surface area contributed by atoms with Gasteiger partial charge in [0.25, 0.3) is 0 Å². The SMILES string of the molecule is C[C@@H]1OC2C[C@@]3(C[C@@H]2O1)[C@@H]1CC[C@@H](C1)[C@H]3N. The van der Waals surface area contributed by atoms with Crippen LogP contribution in [0.25, 0.3) is 0 Å². The van der Waals surface area contributed by atoms with Crippen LogP contribution in [0.5, 0.6) is 0 Å². The molecule has 4 fully saturated rings. The second-order valence-corrected chi connectivity index (χ2v) is 6.35. The van der Waals surface area contributed by atoms with Gasteiger partial charge in [0.2, 0.25) is 0 Å². The molecule has 1 spiro atoms. The van der Waals surface area contributed by atoms with E-state index in [9.17, 15) is 0 Å². The Labute approximate surface area is 96.7 Å². The van der Waals surface area contributed by atoms with E-state index >= 15 is 0 Å². The van der Waals surface area contributed by atoms with Crippen molar-refractivity contribution in [2.45, 2.75) is 63.6 Å². The van der Waals surface area contributed by atoms with E-state index in [2.05, 4.69) is 0 Å². The summed E-state index contributed by atoms with van der Waals surface area (Å²) in [6.07, 6.45) is 7.11. The van der Waals surface area contributed by atoms with Crippen LogP contribution in [0.2, 0.25) is 0 Å². The summed E-state index contributed by atoms with van der Waals surface area (Å²) in [6, 6.07) is 0.416. The number of rotatable bonds is 0. The molecule has 3 heteroatoms. The van der Waals surface area contributed by atoms with Crippen molar-refractivity contribution in [3.8, 4) is 0 Å². The zero-order valence-electron chi connectivity index (χ0n) is 9.89. The van der Waals surface area contributed by atoms with Gasteiger partial charge in [-0.05, 0) is 56.3 Å². The molecule has 1 saturated heterocycles. The average molecular weight is 223 g/mol. The normalized spacial score (nSPS) is 63.4. The van der Waals surface area contributed by atoms with E-state index in [-0.39, 0.29) is 6.29 Å². The van der Waals surface area contributed by atoms with E-state index in [4.69, 9.17) is 15.2 Å². The van der Waals surface area contributed by atoms with Gasteiger partial charge in [-0.1, -0.05) is 0 Å². The zero-order chi connectivity index (χ0) is 10.9. The first kappa shape index (κ1) is 9.86. The summed E-state index contributed by atoms with van der Waals surface area (Å²) in [7, 11) is 0. The third-order valence-corrected chi connectivity index (χ3v) is 5.77. The number of ether oxygens (including phenoxy) is 2. The van der Waals surface area contributed by atoms with Crippen molar-refractivity contribution in [1.29, 1.82) is 0 Å². The lowest BCUT2D eigenvalue weighted by Gasteiger charge is -2.39. The van der Waals surface area contributed by atoms with Gasteiger partial charge in [-0.25, -0.2) is 0 Å². The van der Waals surface area contributed by atoms with Crippen molar-refractivity contribution < 1.29 is 9.47 Å². The molecule has 3 saturated carbocycles. The first-order valence-corrected chi connectivity index (χ1v) is 6.75. The van der Waals surface area contributed by atoms with Gasteiger partial charge < -0.3 is 15.2 Å². The van der Waals surface area contributed by atoms with E-state index in [0.29, 0.717) is 23.7 Å². The van der Waals surface area contributed by atoms with Gasteiger partial charge >= 0.3 is 0 Å².